The van der Waals surface area contributed by atoms with Crippen molar-refractivity contribution in [1.29, 1.82) is 0 Å². The van der Waals surface area contributed by atoms with E-state index in [1.165, 1.54) is 64.2 Å². The maximum Gasteiger partial charge on any atom is -0.0352 e. The molecule has 2 aliphatic carbocycles. The summed E-state index contributed by atoms with van der Waals surface area (Å²) in [7, 11) is 0. The minimum Gasteiger partial charge on any atom is -0.0654 e. The van der Waals surface area contributed by atoms with E-state index in [-0.39, 0.29) is 0 Å². The van der Waals surface area contributed by atoms with E-state index in [0.29, 0.717) is 0 Å². The van der Waals surface area contributed by atoms with Gasteiger partial charge < -0.3 is 0 Å². The molecule has 0 aromatic rings. The Morgan fingerprint density at radius 1 is 0.786 bits per heavy atom. The predicted molar refractivity (Wildman–Crippen MR) is 126 cm³/mol. The van der Waals surface area contributed by atoms with Crippen molar-refractivity contribution in [2.24, 2.45) is 59.2 Å². The highest BCUT2D eigenvalue weighted by Gasteiger charge is 2.42. The first-order chi connectivity index (χ1) is 13.2. The third kappa shape index (κ3) is 6.50. The number of hydrogen-bond acceptors (Lipinski definition) is 0. The second-order valence-electron chi connectivity index (χ2n) is 12.1. The minimum absolute atomic E-state index is 0.856. The van der Waals surface area contributed by atoms with Crippen molar-refractivity contribution in [1.82, 2.24) is 0 Å². The van der Waals surface area contributed by atoms with Gasteiger partial charge in [-0.25, -0.2) is 0 Å². The standard InChI is InChI=1S/C28H54/c1-9-10-11-24-14-15-27(23(8)22(24)7)28(17-20(4)5)26-13-12-25(16-19(2)3)21(6)18-26/h19-28H,9-18H2,1-8H3. The summed E-state index contributed by atoms with van der Waals surface area (Å²) in [5, 5.41) is 0. The Hall–Kier alpha value is 0. The molecule has 0 aromatic heterocycles. The normalized spacial score (nSPS) is 38.1. The molecule has 2 aliphatic rings. The van der Waals surface area contributed by atoms with Crippen LogP contribution in [-0.2, 0) is 0 Å². The summed E-state index contributed by atoms with van der Waals surface area (Å²) in [5.41, 5.74) is 0. The fourth-order valence-electron chi connectivity index (χ4n) is 7.34. The van der Waals surface area contributed by atoms with E-state index in [9.17, 15) is 0 Å². The molecule has 0 radical (unpaired) electrons. The third-order valence-electron chi connectivity index (χ3n) is 9.11. The Kier molecular flexibility index (Phi) is 9.89. The smallest absolute Gasteiger partial charge is 0.0352 e. The van der Waals surface area contributed by atoms with E-state index in [1.54, 1.807) is 0 Å². The van der Waals surface area contributed by atoms with Crippen LogP contribution in [0, 0.1) is 59.2 Å². The summed E-state index contributed by atoms with van der Waals surface area (Å²) >= 11 is 0. The molecule has 0 heterocycles. The quantitative estimate of drug-likeness (QED) is 0.368. The topological polar surface area (TPSA) is 0 Å². The molecule has 2 saturated carbocycles. The first-order valence-corrected chi connectivity index (χ1v) is 13.2. The van der Waals surface area contributed by atoms with Crippen molar-refractivity contribution in [3.63, 3.8) is 0 Å². The highest BCUT2D eigenvalue weighted by molar-refractivity contribution is 4.91. The van der Waals surface area contributed by atoms with Gasteiger partial charge in [-0.2, -0.15) is 0 Å². The van der Waals surface area contributed by atoms with Crippen molar-refractivity contribution in [3.8, 4) is 0 Å². The van der Waals surface area contributed by atoms with E-state index in [1.807, 2.05) is 0 Å². The van der Waals surface area contributed by atoms with Gasteiger partial charge in [0.05, 0.1) is 0 Å². The average Bonchev–Trinajstić information content (AvgIpc) is 2.62. The van der Waals surface area contributed by atoms with E-state index < -0.39 is 0 Å². The molecule has 8 atom stereocenters. The Bertz CT molecular complexity index is 422. The molecule has 0 N–H and O–H groups in total. The lowest BCUT2D eigenvalue weighted by atomic mass is 9.57. The van der Waals surface area contributed by atoms with Gasteiger partial charge in [0.25, 0.3) is 0 Å². The first-order valence-electron chi connectivity index (χ1n) is 13.2. The lowest BCUT2D eigenvalue weighted by molar-refractivity contribution is 0.0127. The van der Waals surface area contributed by atoms with E-state index in [4.69, 9.17) is 0 Å². The second kappa shape index (κ2) is 11.4. The average molecular weight is 391 g/mol. The van der Waals surface area contributed by atoms with Crippen LogP contribution in [0.5, 0.6) is 0 Å². The van der Waals surface area contributed by atoms with Gasteiger partial charge in [0, 0.05) is 0 Å². The highest BCUT2D eigenvalue weighted by atomic mass is 14.5. The van der Waals surface area contributed by atoms with Crippen LogP contribution in [-0.4, -0.2) is 0 Å². The van der Waals surface area contributed by atoms with Crippen LogP contribution < -0.4 is 0 Å². The van der Waals surface area contributed by atoms with Gasteiger partial charge in [-0.3, -0.25) is 0 Å². The van der Waals surface area contributed by atoms with Crippen LogP contribution in [0.1, 0.15) is 120 Å². The number of rotatable bonds is 9. The Morgan fingerprint density at radius 2 is 1.46 bits per heavy atom. The van der Waals surface area contributed by atoms with Crippen LogP contribution >= 0.6 is 0 Å². The van der Waals surface area contributed by atoms with Crippen LogP contribution in [0.25, 0.3) is 0 Å². The molecule has 2 rings (SSSR count). The van der Waals surface area contributed by atoms with Gasteiger partial charge in [0.15, 0.2) is 0 Å². The molecule has 0 saturated heterocycles. The fourth-order valence-corrected chi connectivity index (χ4v) is 7.34. The predicted octanol–water partition coefficient (Wildman–Crippen LogP) is 9.24. The van der Waals surface area contributed by atoms with Gasteiger partial charge in [0.2, 0.25) is 0 Å². The molecule has 0 spiro atoms. The van der Waals surface area contributed by atoms with Crippen LogP contribution in [0.3, 0.4) is 0 Å². The zero-order valence-electron chi connectivity index (χ0n) is 20.8. The fraction of sp³-hybridized carbons (Fsp3) is 1.00. The first kappa shape index (κ1) is 24.3. The molecule has 0 heteroatoms. The molecule has 0 amide bonds. The van der Waals surface area contributed by atoms with Gasteiger partial charge >= 0.3 is 0 Å². The summed E-state index contributed by atoms with van der Waals surface area (Å²) in [6, 6.07) is 0. The number of hydrogen-bond donors (Lipinski definition) is 0. The molecule has 0 aliphatic heterocycles. The summed E-state index contributed by atoms with van der Waals surface area (Å²) in [5.74, 6) is 9.54. The monoisotopic (exact) mass is 390 g/mol. The SMILES string of the molecule is CCCCC1CCC(C(CC(C)C)C2CCC(CC(C)C)C(C)C2)C(C)C1C. The van der Waals surface area contributed by atoms with Gasteiger partial charge in [-0.15, -0.1) is 0 Å². The van der Waals surface area contributed by atoms with E-state index >= 15 is 0 Å². The molecule has 166 valence electrons. The van der Waals surface area contributed by atoms with Gasteiger partial charge in [0.1, 0.15) is 0 Å². The van der Waals surface area contributed by atoms with Crippen LogP contribution in [0.4, 0.5) is 0 Å². The lowest BCUT2D eigenvalue weighted by Gasteiger charge is -2.48. The molecule has 28 heavy (non-hydrogen) atoms. The summed E-state index contributed by atoms with van der Waals surface area (Å²) in [4.78, 5) is 0. The van der Waals surface area contributed by atoms with Crippen molar-refractivity contribution in [2.45, 2.75) is 120 Å². The van der Waals surface area contributed by atoms with Crippen molar-refractivity contribution in [2.75, 3.05) is 0 Å². The van der Waals surface area contributed by atoms with Crippen molar-refractivity contribution < 1.29 is 0 Å². The van der Waals surface area contributed by atoms with Gasteiger partial charge in [-0.05, 0) is 104 Å². The van der Waals surface area contributed by atoms with E-state index in [2.05, 4.69) is 55.4 Å². The van der Waals surface area contributed by atoms with Crippen molar-refractivity contribution >= 4 is 0 Å². The molecule has 0 nitrogen and oxygen atoms in total. The molecule has 0 aromatic carbocycles. The maximum atomic E-state index is 2.63. The largest absolute Gasteiger partial charge is 0.0654 e. The van der Waals surface area contributed by atoms with Crippen LogP contribution in [0.2, 0.25) is 0 Å². The van der Waals surface area contributed by atoms with Crippen LogP contribution in [0.15, 0.2) is 0 Å². The van der Waals surface area contributed by atoms with Crippen molar-refractivity contribution in [3.05, 3.63) is 0 Å². The zero-order valence-corrected chi connectivity index (χ0v) is 20.8. The minimum atomic E-state index is 0.856. The second-order valence-corrected chi connectivity index (χ2v) is 12.1. The summed E-state index contributed by atoms with van der Waals surface area (Å²) in [6.07, 6.45) is 14.8. The Labute approximate surface area is 179 Å². The molecule has 8 unspecified atom stereocenters. The maximum absolute atomic E-state index is 2.63. The number of unbranched alkanes of at least 4 members (excludes halogenated alkanes) is 1. The molecule has 2 fully saturated rings. The summed E-state index contributed by atoms with van der Waals surface area (Å²) < 4.78 is 0. The lowest BCUT2D eigenvalue weighted by Crippen LogP contribution is -2.40. The molecular formula is C28H54. The molecule has 0 bridgehead atoms. The Morgan fingerprint density at radius 3 is 2.04 bits per heavy atom. The van der Waals surface area contributed by atoms with E-state index in [0.717, 1.165) is 59.2 Å². The summed E-state index contributed by atoms with van der Waals surface area (Å²) in [6.45, 7) is 20.0. The third-order valence-corrected chi connectivity index (χ3v) is 9.11. The Balaban J connectivity index is 2.05. The zero-order chi connectivity index (χ0) is 20.8. The van der Waals surface area contributed by atoms with Gasteiger partial charge in [-0.1, -0.05) is 74.7 Å². The molecular weight excluding hydrogens is 336 g/mol. The highest BCUT2D eigenvalue weighted by Crippen LogP contribution is 2.51.